The van der Waals surface area contributed by atoms with Crippen LogP contribution in [0.25, 0.3) is 0 Å². The lowest BCUT2D eigenvalue weighted by molar-refractivity contribution is -0.118. The molecule has 1 heterocycles. The van der Waals surface area contributed by atoms with Crippen molar-refractivity contribution in [2.75, 3.05) is 19.8 Å². The summed E-state index contributed by atoms with van der Waals surface area (Å²) < 4.78 is 11.0. The summed E-state index contributed by atoms with van der Waals surface area (Å²) in [5.74, 6) is 0.829. The number of unbranched alkanes of at least 4 members (excludes halogenated alkanes) is 2. The maximum absolute atomic E-state index is 12.4. The fraction of sp³-hybridized carbons (Fsp3) is 0.812. The van der Waals surface area contributed by atoms with Crippen molar-refractivity contribution in [1.82, 2.24) is 0 Å². The number of Topliss-reactive ketones (excluding diaryl/α,β-unsaturated/α-hetero) is 1. The molecule has 4 heteroatoms. The summed E-state index contributed by atoms with van der Waals surface area (Å²) in [6.07, 6.45) is 6.44. The van der Waals surface area contributed by atoms with Crippen molar-refractivity contribution in [2.24, 2.45) is 0 Å². The second-order valence-corrected chi connectivity index (χ2v) is 6.31. The van der Waals surface area contributed by atoms with E-state index in [-0.39, 0.29) is 11.0 Å². The van der Waals surface area contributed by atoms with E-state index in [0.717, 1.165) is 43.4 Å². The first-order valence-electron chi connectivity index (χ1n) is 7.89. The normalized spacial score (nSPS) is 18.9. The van der Waals surface area contributed by atoms with E-state index in [4.69, 9.17) is 9.47 Å². The summed E-state index contributed by atoms with van der Waals surface area (Å²) in [6.45, 7) is 8.02. The van der Waals surface area contributed by atoms with Gasteiger partial charge in [-0.2, -0.15) is 0 Å². The number of thioether (sulfide) groups is 1. The zero-order valence-electron chi connectivity index (χ0n) is 13.1. The highest BCUT2D eigenvalue weighted by Crippen LogP contribution is 2.40. The molecule has 1 aliphatic rings. The molecule has 1 aliphatic heterocycles. The zero-order chi connectivity index (χ0) is 14.8. The van der Waals surface area contributed by atoms with E-state index in [9.17, 15) is 4.79 Å². The minimum Gasteiger partial charge on any atom is -0.487 e. The van der Waals surface area contributed by atoms with Crippen LogP contribution in [0.3, 0.4) is 0 Å². The molecule has 0 N–H and O–H groups in total. The lowest BCUT2D eigenvalue weighted by atomic mass is 10.1. The minimum absolute atomic E-state index is 0.0869. The van der Waals surface area contributed by atoms with E-state index in [2.05, 4.69) is 13.8 Å². The van der Waals surface area contributed by atoms with E-state index in [1.807, 2.05) is 6.92 Å². The van der Waals surface area contributed by atoms with Gasteiger partial charge in [-0.1, -0.05) is 33.1 Å². The maximum Gasteiger partial charge on any atom is 0.211 e. The Labute approximate surface area is 127 Å². The van der Waals surface area contributed by atoms with E-state index in [0.29, 0.717) is 25.6 Å². The van der Waals surface area contributed by atoms with Crippen LogP contribution in [0.15, 0.2) is 10.7 Å². The molecular formula is C16H28O3S. The summed E-state index contributed by atoms with van der Waals surface area (Å²) in [5, 5.41) is 0.0869. The Morgan fingerprint density at radius 2 is 1.85 bits per heavy atom. The molecule has 116 valence electrons. The first-order chi connectivity index (χ1) is 9.74. The summed E-state index contributed by atoms with van der Waals surface area (Å²) in [6, 6.07) is 0. The molecule has 0 saturated heterocycles. The average Bonchev–Trinajstić information content (AvgIpc) is 2.75. The molecule has 20 heavy (non-hydrogen) atoms. The Morgan fingerprint density at radius 3 is 2.50 bits per heavy atom. The van der Waals surface area contributed by atoms with E-state index in [1.54, 1.807) is 11.8 Å². The van der Waals surface area contributed by atoms with Gasteiger partial charge in [-0.3, -0.25) is 4.79 Å². The maximum atomic E-state index is 12.4. The van der Waals surface area contributed by atoms with Gasteiger partial charge in [0.15, 0.2) is 5.76 Å². The fourth-order valence-corrected chi connectivity index (χ4v) is 3.52. The van der Waals surface area contributed by atoms with Crippen LogP contribution in [0.1, 0.15) is 59.3 Å². The lowest BCUT2D eigenvalue weighted by Gasteiger charge is -2.09. The molecule has 0 fully saturated rings. The highest BCUT2D eigenvalue weighted by molar-refractivity contribution is 8.04. The molecule has 3 nitrogen and oxygen atoms in total. The molecule has 1 rings (SSSR count). The SMILES string of the molecule is CCCCC1=C(OCCOCC)C(=O)C(CCCC)S1. The van der Waals surface area contributed by atoms with Gasteiger partial charge in [-0.15, -0.1) is 11.8 Å². The standard InChI is InChI=1S/C16H28O3S/c1-4-7-9-13-15(17)16(19-12-11-18-6-3)14(20-13)10-8-5-2/h13H,4-12H2,1-3H3. The predicted octanol–water partition coefficient (Wildman–Crippen LogP) is 4.32. The predicted molar refractivity (Wildman–Crippen MR) is 84.9 cm³/mol. The molecule has 0 bridgehead atoms. The number of hydrogen-bond acceptors (Lipinski definition) is 4. The molecule has 1 unspecified atom stereocenters. The van der Waals surface area contributed by atoms with Crippen molar-refractivity contribution < 1.29 is 14.3 Å². The largest absolute Gasteiger partial charge is 0.487 e. The van der Waals surface area contributed by atoms with Crippen molar-refractivity contribution in [2.45, 2.75) is 64.5 Å². The van der Waals surface area contributed by atoms with Crippen LogP contribution in [0.4, 0.5) is 0 Å². The molecule has 1 atom stereocenters. The van der Waals surface area contributed by atoms with Gasteiger partial charge in [0.25, 0.3) is 0 Å². The van der Waals surface area contributed by atoms with E-state index < -0.39 is 0 Å². The van der Waals surface area contributed by atoms with Gasteiger partial charge < -0.3 is 9.47 Å². The Kier molecular flexibility index (Phi) is 9.03. The Bertz CT molecular complexity index is 326. The van der Waals surface area contributed by atoms with Crippen LogP contribution in [0.2, 0.25) is 0 Å². The van der Waals surface area contributed by atoms with Crippen molar-refractivity contribution in [3.63, 3.8) is 0 Å². The first-order valence-corrected chi connectivity index (χ1v) is 8.77. The zero-order valence-corrected chi connectivity index (χ0v) is 13.9. The van der Waals surface area contributed by atoms with Crippen molar-refractivity contribution in [3.8, 4) is 0 Å². The van der Waals surface area contributed by atoms with Gasteiger partial charge in [0.2, 0.25) is 5.78 Å². The Morgan fingerprint density at radius 1 is 1.10 bits per heavy atom. The third-order valence-corrected chi connectivity index (χ3v) is 4.72. The number of ketones is 1. The number of ether oxygens (including phenoxy) is 2. The van der Waals surface area contributed by atoms with Crippen molar-refractivity contribution in [1.29, 1.82) is 0 Å². The second kappa shape index (κ2) is 10.3. The number of hydrogen-bond donors (Lipinski definition) is 0. The van der Waals surface area contributed by atoms with Gasteiger partial charge in [-0.25, -0.2) is 0 Å². The monoisotopic (exact) mass is 300 g/mol. The highest BCUT2D eigenvalue weighted by Gasteiger charge is 2.34. The Hall–Kier alpha value is -0.480. The molecule has 0 radical (unpaired) electrons. The van der Waals surface area contributed by atoms with Crippen LogP contribution in [0.5, 0.6) is 0 Å². The summed E-state index contributed by atoms with van der Waals surface area (Å²) in [5.41, 5.74) is 0. The summed E-state index contributed by atoms with van der Waals surface area (Å²) >= 11 is 1.73. The smallest absolute Gasteiger partial charge is 0.211 e. The quantitative estimate of drug-likeness (QED) is 0.532. The topological polar surface area (TPSA) is 35.5 Å². The first kappa shape index (κ1) is 17.6. The molecule has 0 aromatic heterocycles. The summed E-state index contributed by atoms with van der Waals surface area (Å²) in [4.78, 5) is 13.6. The van der Waals surface area contributed by atoms with Crippen molar-refractivity contribution in [3.05, 3.63) is 10.7 Å². The molecule has 0 aromatic rings. The average molecular weight is 300 g/mol. The number of carbonyl (C=O) groups excluding carboxylic acids is 1. The van der Waals surface area contributed by atoms with Crippen LogP contribution in [0, 0.1) is 0 Å². The number of rotatable bonds is 11. The third-order valence-electron chi connectivity index (χ3n) is 3.31. The van der Waals surface area contributed by atoms with Crippen LogP contribution in [-0.2, 0) is 14.3 Å². The van der Waals surface area contributed by atoms with E-state index in [1.165, 1.54) is 0 Å². The molecule has 0 saturated carbocycles. The number of carbonyl (C=O) groups is 1. The molecule has 0 amide bonds. The minimum atomic E-state index is 0.0869. The lowest BCUT2D eigenvalue weighted by Crippen LogP contribution is -2.17. The number of allylic oxidation sites excluding steroid dienone is 2. The molecular weight excluding hydrogens is 272 g/mol. The molecule has 0 aromatic carbocycles. The highest BCUT2D eigenvalue weighted by atomic mass is 32.2. The fourth-order valence-electron chi connectivity index (χ4n) is 2.15. The van der Waals surface area contributed by atoms with Gasteiger partial charge in [-0.05, 0) is 26.2 Å². The molecule has 0 spiro atoms. The molecule has 0 aliphatic carbocycles. The van der Waals surface area contributed by atoms with Crippen LogP contribution >= 0.6 is 11.8 Å². The van der Waals surface area contributed by atoms with Crippen LogP contribution in [-0.4, -0.2) is 30.9 Å². The van der Waals surface area contributed by atoms with E-state index >= 15 is 0 Å². The van der Waals surface area contributed by atoms with Gasteiger partial charge in [0.1, 0.15) is 6.61 Å². The van der Waals surface area contributed by atoms with Gasteiger partial charge >= 0.3 is 0 Å². The van der Waals surface area contributed by atoms with Crippen LogP contribution < -0.4 is 0 Å². The van der Waals surface area contributed by atoms with Gasteiger partial charge in [0, 0.05) is 11.5 Å². The summed E-state index contributed by atoms with van der Waals surface area (Å²) in [7, 11) is 0. The van der Waals surface area contributed by atoms with Crippen molar-refractivity contribution >= 4 is 17.5 Å². The Balaban J connectivity index is 2.57. The second-order valence-electron chi connectivity index (χ2n) is 5.01. The third kappa shape index (κ3) is 5.49. The van der Waals surface area contributed by atoms with Gasteiger partial charge in [0.05, 0.1) is 11.9 Å².